The Morgan fingerprint density at radius 3 is 1.82 bits per heavy atom. The summed E-state index contributed by atoms with van der Waals surface area (Å²) in [4.78, 5) is 12.4. The molecule has 0 N–H and O–H groups in total. The van der Waals surface area contributed by atoms with E-state index in [1.807, 2.05) is 36.4 Å². The number of cyclic esters (lactones) is 1. The van der Waals surface area contributed by atoms with Gasteiger partial charge in [-0.3, -0.25) is 4.79 Å². The summed E-state index contributed by atoms with van der Waals surface area (Å²) in [5, 5.41) is 0. The fourth-order valence-electron chi connectivity index (χ4n) is 4.04. The van der Waals surface area contributed by atoms with Gasteiger partial charge in [0.1, 0.15) is 26.4 Å². The zero-order chi connectivity index (χ0) is 18.9. The van der Waals surface area contributed by atoms with E-state index in [2.05, 4.69) is 0 Å². The maximum Gasteiger partial charge on any atom is 0.309 e. The second-order valence-electron chi connectivity index (χ2n) is 7.36. The van der Waals surface area contributed by atoms with E-state index in [0.29, 0.717) is 39.5 Å². The molecule has 28 heavy (non-hydrogen) atoms. The monoisotopic (exact) mass is 382 g/mol. The van der Waals surface area contributed by atoms with Crippen LogP contribution in [0.4, 0.5) is 0 Å². The van der Waals surface area contributed by atoms with E-state index in [4.69, 9.17) is 23.7 Å². The maximum absolute atomic E-state index is 12.4. The highest BCUT2D eigenvalue weighted by Gasteiger charge is 2.37. The van der Waals surface area contributed by atoms with Gasteiger partial charge in [0.2, 0.25) is 0 Å². The highest BCUT2D eigenvalue weighted by molar-refractivity contribution is 5.75. The van der Waals surface area contributed by atoms with E-state index in [0.717, 1.165) is 40.5 Å². The van der Waals surface area contributed by atoms with Crippen LogP contribution >= 0.6 is 0 Å². The largest absolute Gasteiger partial charge is 0.486 e. The summed E-state index contributed by atoms with van der Waals surface area (Å²) in [6, 6.07) is 11.9. The van der Waals surface area contributed by atoms with Gasteiger partial charge in [0.25, 0.3) is 0 Å². The van der Waals surface area contributed by atoms with E-state index in [1.54, 1.807) is 0 Å². The van der Waals surface area contributed by atoms with E-state index in [-0.39, 0.29) is 17.8 Å². The molecule has 0 amide bonds. The van der Waals surface area contributed by atoms with Crippen molar-refractivity contribution in [2.24, 2.45) is 11.8 Å². The molecule has 0 unspecified atom stereocenters. The van der Waals surface area contributed by atoms with Crippen molar-refractivity contribution in [2.45, 2.75) is 12.8 Å². The van der Waals surface area contributed by atoms with Crippen LogP contribution in [0.1, 0.15) is 11.1 Å². The van der Waals surface area contributed by atoms with Gasteiger partial charge in [-0.1, -0.05) is 12.1 Å². The van der Waals surface area contributed by atoms with Crippen LogP contribution in [-0.2, 0) is 22.4 Å². The van der Waals surface area contributed by atoms with Crippen LogP contribution in [0.3, 0.4) is 0 Å². The van der Waals surface area contributed by atoms with Crippen molar-refractivity contribution in [1.29, 1.82) is 0 Å². The van der Waals surface area contributed by atoms with Gasteiger partial charge in [-0.15, -0.1) is 0 Å². The summed E-state index contributed by atoms with van der Waals surface area (Å²) < 4.78 is 27.9. The Morgan fingerprint density at radius 2 is 1.21 bits per heavy atom. The molecule has 146 valence electrons. The highest BCUT2D eigenvalue weighted by atomic mass is 16.6. The molecule has 0 aromatic heterocycles. The van der Waals surface area contributed by atoms with E-state index in [9.17, 15) is 4.79 Å². The van der Waals surface area contributed by atoms with Gasteiger partial charge in [-0.2, -0.15) is 0 Å². The number of ether oxygens (including phenoxy) is 5. The van der Waals surface area contributed by atoms with Crippen LogP contribution in [0.15, 0.2) is 36.4 Å². The molecular weight excluding hydrogens is 360 g/mol. The van der Waals surface area contributed by atoms with Gasteiger partial charge in [-0.05, 0) is 48.2 Å². The van der Waals surface area contributed by atoms with E-state index >= 15 is 0 Å². The maximum atomic E-state index is 12.4. The van der Waals surface area contributed by atoms with Gasteiger partial charge in [0.15, 0.2) is 23.0 Å². The molecular formula is C22H22O6. The van der Waals surface area contributed by atoms with Crippen molar-refractivity contribution in [1.82, 2.24) is 0 Å². The average Bonchev–Trinajstić information content (AvgIpc) is 3.07. The number of carbonyl (C=O) groups excluding carboxylic acids is 1. The first-order chi connectivity index (χ1) is 13.8. The molecule has 0 radical (unpaired) electrons. The Morgan fingerprint density at radius 1 is 0.679 bits per heavy atom. The number of fused-ring (bicyclic) bond motifs is 2. The van der Waals surface area contributed by atoms with Crippen molar-refractivity contribution in [3.8, 4) is 23.0 Å². The molecule has 2 aromatic carbocycles. The molecule has 1 fully saturated rings. The third-order valence-corrected chi connectivity index (χ3v) is 5.48. The Bertz CT molecular complexity index is 893. The van der Waals surface area contributed by atoms with Gasteiger partial charge >= 0.3 is 5.97 Å². The molecule has 2 aromatic rings. The van der Waals surface area contributed by atoms with Crippen LogP contribution in [0.25, 0.3) is 0 Å². The molecule has 5 rings (SSSR count). The third-order valence-electron chi connectivity index (χ3n) is 5.48. The molecule has 0 saturated carbocycles. The summed E-state index contributed by atoms with van der Waals surface area (Å²) in [6.07, 6.45) is 1.39. The quantitative estimate of drug-likeness (QED) is 0.758. The van der Waals surface area contributed by atoms with Crippen molar-refractivity contribution in [2.75, 3.05) is 33.0 Å². The van der Waals surface area contributed by atoms with Crippen LogP contribution in [0.5, 0.6) is 23.0 Å². The molecule has 0 spiro atoms. The Kier molecular flexibility index (Phi) is 4.47. The lowest BCUT2D eigenvalue weighted by Gasteiger charge is -2.21. The standard InChI is InChI=1S/C22H22O6/c23-22-17(10-15-2-4-19-21(12-15)27-8-6-25-19)16(13-28-22)9-14-1-3-18-20(11-14)26-7-5-24-18/h1-4,11-12,16-17H,5-10,13H2/t16-,17+/m0/s1. The van der Waals surface area contributed by atoms with Crippen molar-refractivity contribution >= 4 is 5.97 Å². The van der Waals surface area contributed by atoms with Crippen molar-refractivity contribution < 1.29 is 28.5 Å². The molecule has 3 aliphatic heterocycles. The number of hydrogen-bond acceptors (Lipinski definition) is 6. The van der Waals surface area contributed by atoms with Gasteiger partial charge in [-0.25, -0.2) is 0 Å². The zero-order valence-corrected chi connectivity index (χ0v) is 15.5. The molecule has 6 nitrogen and oxygen atoms in total. The topological polar surface area (TPSA) is 63.2 Å². The van der Waals surface area contributed by atoms with E-state index in [1.165, 1.54) is 0 Å². The van der Waals surface area contributed by atoms with Gasteiger partial charge in [0.05, 0.1) is 12.5 Å². The second kappa shape index (κ2) is 7.26. The van der Waals surface area contributed by atoms with Crippen LogP contribution in [0, 0.1) is 11.8 Å². The number of rotatable bonds is 4. The predicted octanol–water partition coefficient (Wildman–Crippen LogP) is 2.80. The summed E-state index contributed by atoms with van der Waals surface area (Å²) >= 11 is 0. The smallest absolute Gasteiger partial charge is 0.309 e. The van der Waals surface area contributed by atoms with Crippen molar-refractivity contribution in [3.63, 3.8) is 0 Å². The fourth-order valence-corrected chi connectivity index (χ4v) is 4.04. The number of esters is 1. The Balaban J connectivity index is 1.32. The van der Waals surface area contributed by atoms with Crippen LogP contribution in [-0.4, -0.2) is 39.0 Å². The lowest BCUT2D eigenvalue weighted by Crippen LogP contribution is -2.21. The summed E-state index contributed by atoms with van der Waals surface area (Å²) in [6.45, 7) is 2.71. The minimum Gasteiger partial charge on any atom is -0.486 e. The molecule has 3 heterocycles. The zero-order valence-electron chi connectivity index (χ0n) is 15.5. The number of hydrogen-bond donors (Lipinski definition) is 0. The summed E-state index contributed by atoms with van der Waals surface area (Å²) in [5.74, 6) is 2.89. The fraction of sp³-hybridized carbons (Fsp3) is 0.409. The van der Waals surface area contributed by atoms with Crippen LogP contribution in [0.2, 0.25) is 0 Å². The molecule has 1 saturated heterocycles. The lowest BCUT2D eigenvalue weighted by molar-refractivity contribution is -0.141. The number of benzene rings is 2. The SMILES string of the molecule is O=C1OC[C@H](Cc2ccc3c(c2)OCCO3)[C@H]1Cc1ccc2c(c1)OCCO2. The first-order valence-electron chi connectivity index (χ1n) is 9.70. The summed E-state index contributed by atoms with van der Waals surface area (Å²) in [5.41, 5.74) is 2.18. The van der Waals surface area contributed by atoms with Gasteiger partial charge < -0.3 is 23.7 Å². The Labute approximate surface area is 163 Å². The molecule has 0 bridgehead atoms. The van der Waals surface area contributed by atoms with Gasteiger partial charge in [0, 0.05) is 5.92 Å². The second-order valence-corrected chi connectivity index (χ2v) is 7.36. The molecule has 6 heteroatoms. The minimum absolute atomic E-state index is 0.127. The molecule has 3 aliphatic rings. The average molecular weight is 382 g/mol. The van der Waals surface area contributed by atoms with E-state index < -0.39 is 0 Å². The third kappa shape index (κ3) is 3.35. The number of carbonyl (C=O) groups is 1. The minimum atomic E-state index is -0.171. The molecule has 0 aliphatic carbocycles. The lowest BCUT2D eigenvalue weighted by atomic mass is 9.85. The predicted molar refractivity (Wildman–Crippen MR) is 100 cm³/mol. The normalized spacial score (nSPS) is 22.6. The first kappa shape index (κ1) is 17.2. The first-order valence-corrected chi connectivity index (χ1v) is 9.70. The Hall–Kier alpha value is -2.89. The highest BCUT2D eigenvalue weighted by Crippen LogP contribution is 2.36. The summed E-state index contributed by atoms with van der Waals surface area (Å²) in [7, 11) is 0. The molecule has 2 atom stereocenters. The van der Waals surface area contributed by atoms with Crippen molar-refractivity contribution in [3.05, 3.63) is 47.5 Å². The van der Waals surface area contributed by atoms with Crippen LogP contribution < -0.4 is 18.9 Å².